The van der Waals surface area contributed by atoms with Crippen molar-refractivity contribution in [3.05, 3.63) is 64.6 Å². The van der Waals surface area contributed by atoms with Crippen molar-refractivity contribution in [3.8, 4) is 0 Å². The fraction of sp³-hybridized carbons (Fsp3) is 0.133. The second kappa shape index (κ2) is 6.51. The van der Waals surface area contributed by atoms with Gasteiger partial charge in [-0.2, -0.15) is 0 Å². The summed E-state index contributed by atoms with van der Waals surface area (Å²) in [6, 6.07) is 13.0. The van der Waals surface area contributed by atoms with Crippen LogP contribution in [0.25, 0.3) is 0 Å². The van der Waals surface area contributed by atoms with Crippen LogP contribution in [0.4, 0.5) is 5.69 Å². The minimum absolute atomic E-state index is 0.0229. The highest BCUT2D eigenvalue weighted by molar-refractivity contribution is 6.04. The zero-order valence-electron chi connectivity index (χ0n) is 11.2. The number of benzene rings is 1. The summed E-state index contributed by atoms with van der Waals surface area (Å²) in [7, 11) is 0. The highest BCUT2D eigenvalue weighted by Gasteiger charge is 2.19. The van der Waals surface area contributed by atoms with Gasteiger partial charge in [-0.15, -0.1) is 0 Å². The molecule has 1 heterocycles. The molecule has 6 nitrogen and oxygen atoms in total. The smallest absolute Gasteiger partial charge is 0.305 e. The van der Waals surface area contributed by atoms with Gasteiger partial charge < -0.3 is 15.0 Å². The number of hydrogen-bond donors (Lipinski definition) is 2. The molecule has 2 N–H and O–H groups in total. The Morgan fingerprint density at radius 1 is 1.05 bits per heavy atom. The molecule has 0 fully saturated rings. The number of aromatic nitrogens is 1. The lowest BCUT2D eigenvalue weighted by Crippen LogP contribution is -2.34. The lowest BCUT2D eigenvalue weighted by Gasteiger charge is -2.21. The highest BCUT2D eigenvalue weighted by atomic mass is 16.4. The number of carbonyl (C=O) groups excluding carboxylic acids is 1. The predicted octanol–water partition coefficient (Wildman–Crippen LogP) is 1.50. The first kappa shape index (κ1) is 14.5. The van der Waals surface area contributed by atoms with Gasteiger partial charge in [-0.25, -0.2) is 0 Å². The lowest BCUT2D eigenvalue weighted by atomic mass is 10.2. The molecule has 0 unspecified atom stereocenters. The topological polar surface area (TPSA) is 90.5 Å². The third-order valence-electron chi connectivity index (χ3n) is 2.86. The number of amides is 1. The third-order valence-corrected chi connectivity index (χ3v) is 2.86. The van der Waals surface area contributed by atoms with Gasteiger partial charge in [0.25, 0.3) is 5.91 Å². The summed E-state index contributed by atoms with van der Waals surface area (Å²) < 4.78 is 0. The van der Waals surface area contributed by atoms with Crippen molar-refractivity contribution in [1.29, 1.82) is 0 Å². The zero-order valence-corrected chi connectivity index (χ0v) is 11.2. The number of H-pyrrole nitrogens is 1. The Kier molecular flexibility index (Phi) is 4.50. The van der Waals surface area contributed by atoms with Crippen molar-refractivity contribution in [1.82, 2.24) is 4.98 Å². The number of hydrogen-bond acceptors (Lipinski definition) is 3. The van der Waals surface area contributed by atoms with Crippen LogP contribution in [-0.4, -0.2) is 28.5 Å². The molecule has 21 heavy (non-hydrogen) atoms. The Bertz CT molecular complexity index is 694. The van der Waals surface area contributed by atoms with E-state index in [-0.39, 0.29) is 24.2 Å². The zero-order chi connectivity index (χ0) is 15.2. The normalized spacial score (nSPS) is 10.1. The van der Waals surface area contributed by atoms with Gasteiger partial charge in [0.15, 0.2) is 0 Å². The van der Waals surface area contributed by atoms with Gasteiger partial charge in [0.2, 0.25) is 5.56 Å². The lowest BCUT2D eigenvalue weighted by molar-refractivity contribution is -0.136. The van der Waals surface area contributed by atoms with Gasteiger partial charge in [-0.05, 0) is 18.2 Å². The monoisotopic (exact) mass is 286 g/mol. The first-order valence-corrected chi connectivity index (χ1v) is 6.36. The van der Waals surface area contributed by atoms with E-state index in [2.05, 4.69) is 4.98 Å². The summed E-state index contributed by atoms with van der Waals surface area (Å²) in [4.78, 5) is 38.3. The molecule has 0 aliphatic carbocycles. The number of para-hydroxylation sites is 1. The number of carbonyl (C=O) groups is 2. The number of aromatic amines is 1. The van der Waals surface area contributed by atoms with E-state index in [4.69, 9.17) is 5.11 Å². The molecule has 1 aromatic heterocycles. The molecular formula is C15H14N2O4. The summed E-state index contributed by atoms with van der Waals surface area (Å²) in [6.07, 6.45) is -0.183. The largest absolute Gasteiger partial charge is 0.481 e. The van der Waals surface area contributed by atoms with E-state index in [0.29, 0.717) is 5.69 Å². The Hall–Kier alpha value is -2.89. The van der Waals surface area contributed by atoms with E-state index in [1.54, 1.807) is 30.3 Å². The van der Waals surface area contributed by atoms with Crippen LogP contribution in [0.2, 0.25) is 0 Å². The molecule has 0 aliphatic heterocycles. The van der Waals surface area contributed by atoms with Crippen LogP contribution in [0.5, 0.6) is 0 Å². The summed E-state index contributed by atoms with van der Waals surface area (Å²) >= 11 is 0. The number of rotatable bonds is 5. The molecule has 2 aromatic rings. The molecule has 1 aromatic carbocycles. The average molecular weight is 286 g/mol. The molecule has 0 bridgehead atoms. The number of anilines is 1. The summed E-state index contributed by atoms with van der Waals surface area (Å²) in [5, 5.41) is 8.81. The fourth-order valence-corrected chi connectivity index (χ4v) is 1.88. The predicted molar refractivity (Wildman–Crippen MR) is 77.4 cm³/mol. The molecule has 0 saturated carbocycles. The van der Waals surface area contributed by atoms with Crippen molar-refractivity contribution in [2.75, 3.05) is 11.4 Å². The van der Waals surface area contributed by atoms with Gasteiger partial charge in [0, 0.05) is 18.3 Å². The van der Waals surface area contributed by atoms with Gasteiger partial charge in [-0.1, -0.05) is 24.3 Å². The molecule has 0 radical (unpaired) electrons. The first-order chi connectivity index (χ1) is 10.1. The minimum atomic E-state index is -0.995. The molecular weight excluding hydrogens is 272 g/mol. The first-order valence-electron chi connectivity index (χ1n) is 6.36. The number of nitrogens with zero attached hydrogens (tertiary/aromatic N) is 1. The molecule has 6 heteroatoms. The van der Waals surface area contributed by atoms with Gasteiger partial charge in [0.05, 0.1) is 6.42 Å². The van der Waals surface area contributed by atoms with Crippen LogP contribution < -0.4 is 10.5 Å². The van der Waals surface area contributed by atoms with Crippen molar-refractivity contribution in [3.63, 3.8) is 0 Å². The number of carboxylic acid groups (broad SMARTS) is 1. The van der Waals surface area contributed by atoms with E-state index in [1.807, 2.05) is 0 Å². The number of carboxylic acids is 1. The van der Waals surface area contributed by atoms with Crippen molar-refractivity contribution >= 4 is 17.6 Å². The maximum Gasteiger partial charge on any atom is 0.305 e. The molecule has 0 spiro atoms. The summed E-state index contributed by atoms with van der Waals surface area (Å²) in [5.74, 6) is -1.44. The van der Waals surface area contributed by atoms with Crippen LogP contribution in [0, 0.1) is 0 Å². The minimum Gasteiger partial charge on any atom is -0.481 e. The Labute approximate surface area is 120 Å². The van der Waals surface area contributed by atoms with Crippen molar-refractivity contribution < 1.29 is 14.7 Å². The SMILES string of the molecule is O=C(O)CCN(C(=O)c1cccc(=O)[nH]1)c1ccccc1. The van der Waals surface area contributed by atoms with Gasteiger partial charge in [0.1, 0.15) is 5.69 Å². The van der Waals surface area contributed by atoms with Crippen molar-refractivity contribution in [2.24, 2.45) is 0 Å². The average Bonchev–Trinajstić information content (AvgIpc) is 2.48. The van der Waals surface area contributed by atoms with Crippen LogP contribution in [-0.2, 0) is 4.79 Å². The third kappa shape index (κ3) is 3.79. The summed E-state index contributed by atoms with van der Waals surface area (Å²) in [6.45, 7) is 0.0229. The molecule has 0 atom stereocenters. The Balaban J connectivity index is 2.32. The van der Waals surface area contributed by atoms with Crippen LogP contribution in [0.3, 0.4) is 0 Å². The Morgan fingerprint density at radius 3 is 2.38 bits per heavy atom. The van der Waals surface area contributed by atoms with Crippen LogP contribution in [0.15, 0.2) is 53.3 Å². The molecule has 2 rings (SSSR count). The second-order valence-electron chi connectivity index (χ2n) is 4.36. The maximum atomic E-state index is 12.5. The van der Waals surface area contributed by atoms with Gasteiger partial charge >= 0.3 is 5.97 Å². The highest BCUT2D eigenvalue weighted by Crippen LogP contribution is 2.16. The van der Waals surface area contributed by atoms with Crippen LogP contribution >= 0.6 is 0 Å². The van der Waals surface area contributed by atoms with E-state index in [9.17, 15) is 14.4 Å². The number of aliphatic carboxylic acids is 1. The van der Waals surface area contributed by atoms with E-state index < -0.39 is 11.9 Å². The van der Waals surface area contributed by atoms with Gasteiger partial charge in [-0.3, -0.25) is 14.4 Å². The quantitative estimate of drug-likeness (QED) is 0.871. The second-order valence-corrected chi connectivity index (χ2v) is 4.36. The van der Waals surface area contributed by atoms with Crippen LogP contribution in [0.1, 0.15) is 16.9 Å². The molecule has 1 amide bonds. The van der Waals surface area contributed by atoms with E-state index >= 15 is 0 Å². The molecule has 0 saturated heterocycles. The van der Waals surface area contributed by atoms with E-state index in [1.165, 1.54) is 23.1 Å². The van der Waals surface area contributed by atoms with Crippen molar-refractivity contribution in [2.45, 2.75) is 6.42 Å². The fourth-order valence-electron chi connectivity index (χ4n) is 1.88. The van der Waals surface area contributed by atoms with E-state index in [0.717, 1.165) is 0 Å². The molecule has 0 aliphatic rings. The number of nitrogens with one attached hydrogen (secondary N) is 1. The summed E-state index contributed by atoms with van der Waals surface area (Å²) in [5.41, 5.74) is 0.317. The Morgan fingerprint density at radius 2 is 1.76 bits per heavy atom. The molecule has 108 valence electrons. The number of pyridine rings is 1. The standard InChI is InChI=1S/C15H14N2O4/c18-13-8-4-7-12(16-13)15(21)17(10-9-14(19)20)11-5-2-1-3-6-11/h1-8H,9-10H2,(H,16,18)(H,19,20). The maximum absolute atomic E-state index is 12.5.